The average molecular weight is 624 g/mol. The summed E-state index contributed by atoms with van der Waals surface area (Å²) in [6.45, 7) is -2.75. The molecule has 0 aromatic heterocycles. The number of hydrogen-bond donors (Lipinski definition) is 11. The van der Waals surface area contributed by atoms with Gasteiger partial charge in [0, 0.05) is 5.56 Å². The van der Waals surface area contributed by atoms with E-state index in [4.69, 9.17) is 40.9 Å². The molecular weight excluding hydrogens is 585 g/mol. The maximum Gasteiger partial charge on any atom is 0.200 e. The molecule has 244 valence electrons. The lowest BCUT2D eigenvalue weighted by Gasteiger charge is -2.50. The van der Waals surface area contributed by atoms with Gasteiger partial charge in [0.2, 0.25) is 0 Å². The van der Waals surface area contributed by atoms with Crippen molar-refractivity contribution in [1.82, 2.24) is 0 Å². The van der Waals surface area contributed by atoms with Gasteiger partial charge in [0.1, 0.15) is 54.6 Å². The van der Waals surface area contributed by atoms with Crippen molar-refractivity contribution in [3.8, 4) is 0 Å². The van der Waals surface area contributed by atoms with Crippen molar-refractivity contribution in [3.05, 3.63) is 35.6 Å². The van der Waals surface area contributed by atoms with Gasteiger partial charge in [-0.05, 0) is 12.1 Å². The molecule has 0 bridgehead atoms. The van der Waals surface area contributed by atoms with Crippen molar-refractivity contribution in [2.75, 3.05) is 19.8 Å². The van der Waals surface area contributed by atoms with Crippen LogP contribution in [-0.4, -0.2) is 158 Å². The van der Waals surface area contributed by atoms with E-state index in [9.17, 15) is 50.0 Å². The Morgan fingerprint density at radius 1 is 0.837 bits per heavy atom. The Kier molecular flexibility index (Phi) is 10.8. The van der Waals surface area contributed by atoms with Gasteiger partial charge in [-0.15, -0.1) is 0 Å². The third kappa shape index (κ3) is 6.33. The summed E-state index contributed by atoms with van der Waals surface area (Å²) in [5.41, 5.74) is 15.0. The average Bonchev–Trinajstić information content (AvgIpc) is 3.00. The quantitative estimate of drug-likeness (QED) is 0.114. The maximum atomic E-state index is 13.8. The summed E-state index contributed by atoms with van der Waals surface area (Å²) in [6, 6.07) is -0.115. The van der Waals surface area contributed by atoms with Crippen molar-refractivity contribution >= 4 is 5.78 Å². The number of aliphatic hydroxyl groups is 8. The number of Topliss-reactive ketones (excluding diaryl/α,β-unsaturated/α-hetero) is 1. The summed E-state index contributed by atoms with van der Waals surface area (Å²) in [4.78, 5) is 13.4. The highest BCUT2D eigenvalue weighted by atomic mass is 19.1. The van der Waals surface area contributed by atoms with Crippen molar-refractivity contribution in [2.45, 2.75) is 91.4 Å². The Morgan fingerprint density at radius 2 is 1.40 bits per heavy atom. The summed E-state index contributed by atoms with van der Waals surface area (Å²) in [6.07, 6.45) is -18.1. The van der Waals surface area contributed by atoms with Crippen molar-refractivity contribution in [3.63, 3.8) is 0 Å². The van der Waals surface area contributed by atoms with Crippen LogP contribution in [0, 0.1) is 5.82 Å². The summed E-state index contributed by atoms with van der Waals surface area (Å²) < 4.78 is 41.7. The molecule has 3 aliphatic rings. The van der Waals surface area contributed by atoms with Crippen molar-refractivity contribution in [2.24, 2.45) is 17.2 Å². The van der Waals surface area contributed by atoms with Crippen molar-refractivity contribution < 1.29 is 73.7 Å². The molecule has 1 aromatic rings. The molecule has 18 heteroatoms. The maximum absolute atomic E-state index is 13.8. The molecule has 17 nitrogen and oxygen atoms in total. The van der Waals surface area contributed by atoms with Crippen LogP contribution >= 0.6 is 0 Å². The first kappa shape index (κ1) is 34.1. The SMILES string of the molecule is N[C@H]1[C@@H](OC2[C@@H](CO)O[C@@H](OC3[C@@H](CO)O[C@@H](O)[C@H](N)[C@H]3O)[C@H](N)[C@H]2O)O[C@@](CO)(C(=O)c2cccc(F)c2)[C@@H](O)[C@@H]1O. The molecule has 0 radical (unpaired) electrons. The minimum atomic E-state index is -2.59. The van der Waals surface area contributed by atoms with Crippen LogP contribution in [0.4, 0.5) is 4.39 Å². The molecule has 43 heavy (non-hydrogen) atoms. The van der Waals surface area contributed by atoms with Crippen LogP contribution in [-0.2, 0) is 23.7 Å². The highest BCUT2D eigenvalue weighted by molar-refractivity contribution is 6.03. The van der Waals surface area contributed by atoms with Gasteiger partial charge in [-0.25, -0.2) is 4.39 Å². The molecule has 3 fully saturated rings. The fourth-order valence-electron chi connectivity index (χ4n) is 5.34. The zero-order valence-corrected chi connectivity index (χ0v) is 22.7. The molecule has 0 spiro atoms. The van der Waals surface area contributed by atoms with Gasteiger partial charge in [0.15, 0.2) is 30.3 Å². The largest absolute Gasteiger partial charge is 0.394 e. The van der Waals surface area contributed by atoms with E-state index in [1.54, 1.807) is 0 Å². The second-order valence-electron chi connectivity index (χ2n) is 10.7. The summed E-state index contributed by atoms with van der Waals surface area (Å²) in [5.74, 6) is -1.91. The van der Waals surface area contributed by atoms with E-state index in [0.29, 0.717) is 0 Å². The van der Waals surface area contributed by atoms with E-state index in [2.05, 4.69) is 0 Å². The number of ether oxygens (including phenoxy) is 5. The molecule has 3 aliphatic heterocycles. The van der Waals surface area contributed by atoms with Crippen LogP contribution in [0.15, 0.2) is 24.3 Å². The van der Waals surface area contributed by atoms with E-state index in [1.807, 2.05) is 0 Å². The van der Waals surface area contributed by atoms with Gasteiger partial charge >= 0.3 is 0 Å². The lowest BCUT2D eigenvalue weighted by Crippen LogP contribution is -2.73. The smallest absolute Gasteiger partial charge is 0.200 e. The van der Waals surface area contributed by atoms with E-state index >= 15 is 0 Å². The van der Waals surface area contributed by atoms with Gasteiger partial charge < -0.3 is 81.7 Å². The first-order chi connectivity index (χ1) is 20.3. The predicted octanol–water partition coefficient (Wildman–Crippen LogP) is -6.28. The zero-order chi connectivity index (χ0) is 31.8. The van der Waals surface area contributed by atoms with E-state index < -0.39 is 123 Å². The van der Waals surface area contributed by atoms with Gasteiger partial charge in [-0.1, -0.05) is 12.1 Å². The topological polar surface area (TPSA) is 303 Å². The third-order valence-electron chi connectivity index (χ3n) is 7.95. The Morgan fingerprint density at radius 3 is 1.98 bits per heavy atom. The molecule has 2 unspecified atom stereocenters. The molecule has 0 saturated carbocycles. The van der Waals surface area contributed by atoms with E-state index in [0.717, 1.165) is 12.1 Å². The first-order valence-electron chi connectivity index (χ1n) is 13.4. The summed E-state index contributed by atoms with van der Waals surface area (Å²) in [5, 5.41) is 82.7. The standard InChI is InChI=1S/C25H38FN3O14/c26-9-3-1-2-8(4-9)20(36)25(7-32)21(37)17(35)14(29)24(43-25)42-19-11(6-31)40-23(13(28)16(19)34)41-18-10(5-30)39-22(38)12(27)15(18)33/h1-4,10-19,21-24,30-35,37-38H,5-7,27-29H2/t10-,11-,12-,13-,14-,15-,16-,17-,18?,19?,21+,22-,23+,24+,25+/m1/s1. The number of nitrogens with two attached hydrogens (primary N) is 3. The number of rotatable bonds is 9. The highest BCUT2D eigenvalue weighted by Gasteiger charge is 2.59. The Hall–Kier alpha value is -1.82. The van der Waals surface area contributed by atoms with E-state index in [-0.39, 0.29) is 5.56 Å². The molecule has 15 atom stereocenters. The highest BCUT2D eigenvalue weighted by Crippen LogP contribution is 2.36. The predicted molar refractivity (Wildman–Crippen MR) is 137 cm³/mol. The molecule has 14 N–H and O–H groups in total. The lowest BCUT2D eigenvalue weighted by molar-refractivity contribution is -0.354. The molecule has 0 aliphatic carbocycles. The molecular formula is C25H38FN3O14. The van der Waals surface area contributed by atoms with Crippen LogP contribution in [0.3, 0.4) is 0 Å². The molecule has 1 aromatic carbocycles. The fraction of sp³-hybridized carbons (Fsp3) is 0.720. The Bertz CT molecular complexity index is 1110. The second-order valence-corrected chi connectivity index (χ2v) is 10.7. The molecule has 3 saturated heterocycles. The molecule has 0 amide bonds. The van der Waals surface area contributed by atoms with Gasteiger partial charge in [-0.3, -0.25) is 4.79 Å². The number of carbonyl (C=O) groups is 1. The Balaban J connectivity index is 1.55. The van der Waals surface area contributed by atoms with Gasteiger partial charge in [0.05, 0.1) is 37.9 Å². The van der Waals surface area contributed by atoms with Crippen LogP contribution in [0.5, 0.6) is 0 Å². The van der Waals surface area contributed by atoms with Crippen LogP contribution in [0.25, 0.3) is 0 Å². The van der Waals surface area contributed by atoms with Crippen LogP contribution in [0.2, 0.25) is 0 Å². The summed E-state index contributed by atoms with van der Waals surface area (Å²) in [7, 11) is 0. The number of halogens is 1. The fourth-order valence-corrected chi connectivity index (χ4v) is 5.34. The normalized spacial score (nSPS) is 45.6. The summed E-state index contributed by atoms with van der Waals surface area (Å²) >= 11 is 0. The van der Waals surface area contributed by atoms with Crippen molar-refractivity contribution in [1.29, 1.82) is 0 Å². The minimum absolute atomic E-state index is 0.312. The Labute approximate surface area is 244 Å². The molecule has 3 heterocycles. The first-order valence-corrected chi connectivity index (χ1v) is 13.4. The van der Waals surface area contributed by atoms with Gasteiger partial charge in [-0.2, -0.15) is 0 Å². The number of carbonyl (C=O) groups excluding carboxylic acids is 1. The van der Waals surface area contributed by atoms with Crippen LogP contribution < -0.4 is 17.2 Å². The minimum Gasteiger partial charge on any atom is -0.394 e. The number of benzene rings is 1. The third-order valence-corrected chi connectivity index (χ3v) is 7.95. The van der Waals surface area contributed by atoms with E-state index in [1.165, 1.54) is 12.1 Å². The zero-order valence-electron chi connectivity index (χ0n) is 22.7. The number of hydrogen-bond acceptors (Lipinski definition) is 17. The number of ketones is 1. The van der Waals surface area contributed by atoms with Crippen LogP contribution in [0.1, 0.15) is 10.4 Å². The monoisotopic (exact) mass is 623 g/mol. The molecule has 4 rings (SSSR count). The second kappa shape index (κ2) is 13.7. The number of aliphatic hydroxyl groups excluding tert-OH is 8. The lowest BCUT2D eigenvalue weighted by atomic mass is 9.81. The van der Waals surface area contributed by atoms with Gasteiger partial charge in [0.25, 0.3) is 0 Å².